The first-order valence-electron chi connectivity index (χ1n) is 9.04. The normalized spacial score (nSPS) is 15.5. The van der Waals surface area contributed by atoms with E-state index in [0.29, 0.717) is 34.5 Å². The molecule has 0 fully saturated rings. The van der Waals surface area contributed by atoms with Gasteiger partial charge in [-0.25, -0.2) is 4.68 Å². The Morgan fingerprint density at radius 1 is 1.10 bits per heavy atom. The van der Waals surface area contributed by atoms with Crippen molar-refractivity contribution in [3.63, 3.8) is 0 Å². The number of allylic oxidation sites excluding steroid dienone is 1. The van der Waals surface area contributed by atoms with Gasteiger partial charge in [-0.2, -0.15) is 4.98 Å². The van der Waals surface area contributed by atoms with Crippen LogP contribution < -0.4 is 20.5 Å². The number of primary amides is 1. The molecule has 8 nitrogen and oxygen atoms in total. The van der Waals surface area contributed by atoms with Crippen molar-refractivity contribution in [3.8, 4) is 22.9 Å². The molecule has 4 rings (SSSR count). The molecule has 1 aromatic heterocycles. The number of benzene rings is 2. The van der Waals surface area contributed by atoms with Gasteiger partial charge in [0.2, 0.25) is 11.9 Å². The quantitative estimate of drug-likeness (QED) is 0.693. The Kier molecular flexibility index (Phi) is 4.67. The molecule has 0 spiro atoms. The Morgan fingerprint density at radius 3 is 2.34 bits per heavy atom. The van der Waals surface area contributed by atoms with Crippen molar-refractivity contribution < 1.29 is 14.3 Å². The van der Waals surface area contributed by atoms with E-state index in [-0.39, 0.29) is 0 Å². The van der Waals surface area contributed by atoms with E-state index in [4.69, 9.17) is 15.2 Å². The van der Waals surface area contributed by atoms with Crippen LogP contribution in [0.2, 0.25) is 0 Å². The van der Waals surface area contributed by atoms with Crippen LogP contribution in [-0.4, -0.2) is 34.9 Å². The largest absolute Gasteiger partial charge is 0.497 e. The van der Waals surface area contributed by atoms with Crippen molar-refractivity contribution in [1.29, 1.82) is 0 Å². The molecular weight excluding hydrogens is 370 g/mol. The molecule has 8 heteroatoms. The molecule has 0 radical (unpaired) electrons. The van der Waals surface area contributed by atoms with Crippen molar-refractivity contribution >= 4 is 11.9 Å². The SMILES string of the molecule is COc1cc(OC)cc(-c2nc3n(n2)[C@H](c2ccccc2)C(C(N)=O)=C(C)N3)c1. The Bertz CT molecular complexity index is 1080. The van der Waals surface area contributed by atoms with Crippen LogP contribution in [0.5, 0.6) is 11.5 Å². The summed E-state index contributed by atoms with van der Waals surface area (Å²) in [6.07, 6.45) is 0. The van der Waals surface area contributed by atoms with E-state index in [1.807, 2.05) is 49.4 Å². The zero-order valence-corrected chi connectivity index (χ0v) is 16.3. The lowest BCUT2D eigenvalue weighted by Crippen LogP contribution is -2.31. The van der Waals surface area contributed by atoms with E-state index in [9.17, 15) is 4.79 Å². The average Bonchev–Trinajstić information content (AvgIpc) is 3.16. The van der Waals surface area contributed by atoms with E-state index in [1.54, 1.807) is 25.0 Å². The minimum atomic E-state index is -0.505. The van der Waals surface area contributed by atoms with Crippen LogP contribution in [0.15, 0.2) is 59.8 Å². The predicted molar refractivity (Wildman–Crippen MR) is 109 cm³/mol. The molecule has 1 aliphatic rings. The molecule has 1 aliphatic heterocycles. The third kappa shape index (κ3) is 3.29. The summed E-state index contributed by atoms with van der Waals surface area (Å²) in [6, 6.07) is 14.6. The highest BCUT2D eigenvalue weighted by Crippen LogP contribution is 2.37. The number of ether oxygens (including phenoxy) is 2. The Labute approximate surface area is 168 Å². The maximum absolute atomic E-state index is 12.2. The molecule has 0 unspecified atom stereocenters. The fourth-order valence-electron chi connectivity index (χ4n) is 3.47. The minimum Gasteiger partial charge on any atom is -0.497 e. The Morgan fingerprint density at radius 2 is 1.76 bits per heavy atom. The predicted octanol–water partition coefficient (Wildman–Crippen LogP) is 2.74. The number of hydrogen-bond donors (Lipinski definition) is 2. The van der Waals surface area contributed by atoms with E-state index in [1.165, 1.54) is 0 Å². The van der Waals surface area contributed by atoms with Crippen LogP contribution in [0.25, 0.3) is 11.4 Å². The second kappa shape index (κ2) is 7.31. The molecular formula is C21H21N5O3. The van der Waals surface area contributed by atoms with Crippen molar-refractivity contribution in [2.45, 2.75) is 13.0 Å². The first kappa shape index (κ1) is 18.5. The van der Waals surface area contributed by atoms with Crippen LogP contribution in [0.3, 0.4) is 0 Å². The molecule has 148 valence electrons. The standard InChI is InChI=1S/C21H21N5O3/c1-12-17(19(22)27)18(13-7-5-4-6-8-13)26-21(23-12)24-20(25-26)14-9-15(28-2)11-16(10-14)29-3/h4-11,18H,1-3H3,(H2,22,27)(H,23,24,25)/t18-/m1/s1. The van der Waals surface area contributed by atoms with E-state index in [0.717, 1.165) is 11.1 Å². The summed E-state index contributed by atoms with van der Waals surface area (Å²) in [6.45, 7) is 1.81. The lowest BCUT2D eigenvalue weighted by molar-refractivity contribution is -0.115. The lowest BCUT2D eigenvalue weighted by atomic mass is 9.95. The summed E-state index contributed by atoms with van der Waals surface area (Å²) in [7, 11) is 3.17. The number of nitrogens with two attached hydrogens (primary N) is 1. The Balaban J connectivity index is 1.87. The number of hydrogen-bond acceptors (Lipinski definition) is 6. The molecule has 1 atom stereocenters. The van der Waals surface area contributed by atoms with Crippen LogP contribution >= 0.6 is 0 Å². The van der Waals surface area contributed by atoms with Crippen molar-refractivity contribution in [2.75, 3.05) is 19.5 Å². The summed E-state index contributed by atoms with van der Waals surface area (Å²) in [5.41, 5.74) is 8.43. The monoisotopic (exact) mass is 391 g/mol. The number of nitrogens with one attached hydrogen (secondary N) is 1. The average molecular weight is 391 g/mol. The minimum absolute atomic E-state index is 0.448. The molecule has 0 bridgehead atoms. The highest BCUT2D eigenvalue weighted by molar-refractivity contribution is 5.95. The van der Waals surface area contributed by atoms with Crippen LogP contribution in [0, 0.1) is 0 Å². The molecule has 1 amide bonds. The van der Waals surface area contributed by atoms with Gasteiger partial charge < -0.3 is 20.5 Å². The topological polar surface area (TPSA) is 104 Å². The Hall–Kier alpha value is -3.81. The number of rotatable bonds is 5. The van der Waals surface area contributed by atoms with Gasteiger partial charge in [-0.3, -0.25) is 4.79 Å². The third-order valence-electron chi connectivity index (χ3n) is 4.84. The van der Waals surface area contributed by atoms with Crippen LogP contribution in [-0.2, 0) is 4.79 Å². The van der Waals surface area contributed by atoms with Crippen molar-refractivity contribution in [1.82, 2.24) is 14.8 Å². The summed E-state index contributed by atoms with van der Waals surface area (Å²) >= 11 is 0. The summed E-state index contributed by atoms with van der Waals surface area (Å²) in [5, 5.41) is 7.83. The number of methoxy groups -OCH3 is 2. The third-order valence-corrected chi connectivity index (χ3v) is 4.84. The fraction of sp³-hybridized carbons (Fsp3) is 0.190. The van der Waals surface area contributed by atoms with Gasteiger partial charge in [0.25, 0.3) is 0 Å². The maximum atomic E-state index is 12.2. The second-order valence-electron chi connectivity index (χ2n) is 6.65. The molecule has 29 heavy (non-hydrogen) atoms. The van der Waals surface area contributed by atoms with Gasteiger partial charge in [-0.15, -0.1) is 5.10 Å². The first-order valence-corrected chi connectivity index (χ1v) is 9.04. The second-order valence-corrected chi connectivity index (χ2v) is 6.65. The molecule has 0 saturated heterocycles. The number of carbonyl (C=O) groups excluding carboxylic acids is 1. The molecule has 3 aromatic rings. The van der Waals surface area contributed by atoms with Gasteiger partial charge in [0.1, 0.15) is 17.5 Å². The van der Waals surface area contributed by atoms with Crippen molar-refractivity contribution in [3.05, 3.63) is 65.4 Å². The van der Waals surface area contributed by atoms with Crippen molar-refractivity contribution in [2.24, 2.45) is 5.73 Å². The smallest absolute Gasteiger partial charge is 0.248 e. The highest BCUT2D eigenvalue weighted by atomic mass is 16.5. The molecule has 3 N–H and O–H groups in total. The number of nitrogens with zero attached hydrogens (tertiary/aromatic N) is 3. The van der Waals surface area contributed by atoms with Gasteiger partial charge in [0, 0.05) is 17.3 Å². The summed E-state index contributed by atoms with van der Waals surface area (Å²) in [5.74, 6) is 1.76. The van der Waals surface area contributed by atoms with Gasteiger partial charge >= 0.3 is 0 Å². The zero-order chi connectivity index (χ0) is 20.5. The van der Waals surface area contributed by atoms with Crippen LogP contribution in [0.1, 0.15) is 18.5 Å². The zero-order valence-electron chi connectivity index (χ0n) is 16.3. The highest BCUT2D eigenvalue weighted by Gasteiger charge is 2.33. The molecule has 0 aliphatic carbocycles. The molecule has 0 saturated carbocycles. The van der Waals surface area contributed by atoms with E-state index >= 15 is 0 Å². The van der Waals surface area contributed by atoms with Crippen LogP contribution in [0.4, 0.5) is 5.95 Å². The molecule has 2 aromatic carbocycles. The number of fused-ring (bicyclic) bond motifs is 1. The number of carbonyl (C=O) groups is 1. The fourth-order valence-corrected chi connectivity index (χ4v) is 3.47. The van der Waals surface area contributed by atoms with Gasteiger partial charge in [0.05, 0.1) is 19.8 Å². The maximum Gasteiger partial charge on any atom is 0.248 e. The van der Waals surface area contributed by atoms with Gasteiger partial charge in [-0.05, 0) is 24.6 Å². The summed E-state index contributed by atoms with van der Waals surface area (Å²) in [4.78, 5) is 16.9. The number of amides is 1. The first-order chi connectivity index (χ1) is 14.0. The van der Waals surface area contributed by atoms with Gasteiger partial charge in [-0.1, -0.05) is 30.3 Å². The number of aromatic nitrogens is 3. The van der Waals surface area contributed by atoms with E-state index in [2.05, 4.69) is 15.4 Å². The molecule has 2 heterocycles. The lowest BCUT2D eigenvalue weighted by Gasteiger charge is -2.27. The summed E-state index contributed by atoms with van der Waals surface area (Å²) < 4.78 is 12.4. The van der Waals surface area contributed by atoms with Gasteiger partial charge in [0.15, 0.2) is 5.82 Å². The number of anilines is 1. The van der Waals surface area contributed by atoms with E-state index < -0.39 is 11.9 Å².